The number of carbonyl (C=O) groups is 1. The molecular formula is C14H28N2O. The van der Waals surface area contributed by atoms with E-state index in [9.17, 15) is 4.79 Å². The first-order chi connectivity index (χ1) is 8.10. The maximum absolute atomic E-state index is 12.4. The highest BCUT2D eigenvalue weighted by Crippen LogP contribution is 2.29. The maximum Gasteiger partial charge on any atom is 0.225 e. The molecule has 0 aromatic rings. The summed E-state index contributed by atoms with van der Waals surface area (Å²) >= 11 is 0. The van der Waals surface area contributed by atoms with Gasteiger partial charge in [0.05, 0.1) is 0 Å². The summed E-state index contributed by atoms with van der Waals surface area (Å²) in [4.78, 5) is 14.4. The van der Waals surface area contributed by atoms with Crippen molar-refractivity contribution >= 4 is 5.91 Å². The predicted octanol–water partition coefficient (Wildman–Crippen LogP) is 2.40. The molecule has 3 unspecified atom stereocenters. The molecule has 3 nitrogen and oxygen atoms in total. The van der Waals surface area contributed by atoms with Gasteiger partial charge in [-0.1, -0.05) is 20.3 Å². The lowest BCUT2D eigenvalue weighted by Gasteiger charge is -2.34. The molecule has 3 atom stereocenters. The summed E-state index contributed by atoms with van der Waals surface area (Å²) in [6.07, 6.45) is 5.25. The molecule has 0 saturated heterocycles. The number of rotatable bonds is 5. The van der Waals surface area contributed by atoms with Crippen LogP contribution in [0.25, 0.3) is 0 Å². The van der Waals surface area contributed by atoms with Gasteiger partial charge in [-0.05, 0) is 38.5 Å². The lowest BCUT2D eigenvalue weighted by atomic mass is 9.79. The summed E-state index contributed by atoms with van der Waals surface area (Å²) in [5.74, 6) is 1.09. The van der Waals surface area contributed by atoms with Crippen molar-refractivity contribution in [2.24, 2.45) is 17.6 Å². The largest absolute Gasteiger partial charge is 0.343 e. The fourth-order valence-corrected chi connectivity index (χ4v) is 2.61. The predicted molar refractivity (Wildman–Crippen MR) is 71.6 cm³/mol. The lowest BCUT2D eigenvalue weighted by Crippen LogP contribution is -2.43. The molecule has 1 saturated carbocycles. The van der Waals surface area contributed by atoms with E-state index >= 15 is 0 Å². The van der Waals surface area contributed by atoms with Gasteiger partial charge in [-0.25, -0.2) is 0 Å². The summed E-state index contributed by atoms with van der Waals surface area (Å²) in [5.41, 5.74) is 6.08. The van der Waals surface area contributed by atoms with Crippen molar-refractivity contribution in [1.29, 1.82) is 0 Å². The Kier molecular flexibility index (Phi) is 5.96. The molecule has 0 aromatic carbocycles. The number of carbonyl (C=O) groups excluding carboxylic acids is 1. The average molecular weight is 240 g/mol. The third kappa shape index (κ3) is 3.98. The SMILES string of the molecule is CCCCN(CC)C(=O)C1CCC(C)C(N)C1. The van der Waals surface area contributed by atoms with Gasteiger partial charge in [0.2, 0.25) is 5.91 Å². The van der Waals surface area contributed by atoms with Crippen molar-refractivity contribution in [3.05, 3.63) is 0 Å². The first-order valence-electron chi connectivity index (χ1n) is 7.14. The van der Waals surface area contributed by atoms with Crippen molar-refractivity contribution in [3.63, 3.8) is 0 Å². The first-order valence-corrected chi connectivity index (χ1v) is 7.14. The van der Waals surface area contributed by atoms with Crippen LogP contribution < -0.4 is 5.73 Å². The van der Waals surface area contributed by atoms with Gasteiger partial charge >= 0.3 is 0 Å². The Morgan fingerprint density at radius 1 is 1.35 bits per heavy atom. The number of hydrogen-bond donors (Lipinski definition) is 1. The zero-order valence-corrected chi connectivity index (χ0v) is 11.6. The molecule has 0 aromatic heterocycles. The van der Waals surface area contributed by atoms with E-state index in [4.69, 9.17) is 5.73 Å². The van der Waals surface area contributed by atoms with E-state index in [1.54, 1.807) is 0 Å². The van der Waals surface area contributed by atoms with E-state index in [1.807, 2.05) is 4.90 Å². The van der Waals surface area contributed by atoms with Crippen LogP contribution in [0.1, 0.15) is 52.9 Å². The van der Waals surface area contributed by atoms with Gasteiger partial charge in [0, 0.05) is 25.0 Å². The highest BCUT2D eigenvalue weighted by Gasteiger charge is 2.31. The van der Waals surface area contributed by atoms with Crippen LogP contribution >= 0.6 is 0 Å². The summed E-state index contributed by atoms with van der Waals surface area (Å²) < 4.78 is 0. The smallest absolute Gasteiger partial charge is 0.225 e. The fraction of sp³-hybridized carbons (Fsp3) is 0.929. The molecule has 0 bridgehead atoms. The number of nitrogens with zero attached hydrogens (tertiary/aromatic N) is 1. The Balaban J connectivity index is 2.50. The van der Waals surface area contributed by atoms with E-state index in [-0.39, 0.29) is 12.0 Å². The van der Waals surface area contributed by atoms with Crippen molar-refractivity contribution in [3.8, 4) is 0 Å². The molecule has 1 aliphatic rings. The second kappa shape index (κ2) is 7.00. The molecule has 0 radical (unpaired) electrons. The molecule has 100 valence electrons. The standard InChI is InChI=1S/C14H28N2O/c1-4-6-9-16(5-2)14(17)12-8-7-11(3)13(15)10-12/h11-13H,4-10,15H2,1-3H3. The molecule has 17 heavy (non-hydrogen) atoms. The number of amides is 1. The Labute approximate surface area is 106 Å². The minimum Gasteiger partial charge on any atom is -0.343 e. The monoisotopic (exact) mass is 240 g/mol. The summed E-state index contributed by atoms with van der Waals surface area (Å²) in [7, 11) is 0. The summed E-state index contributed by atoms with van der Waals surface area (Å²) in [6, 6.07) is 0.211. The van der Waals surface area contributed by atoms with Gasteiger partial charge in [0.1, 0.15) is 0 Å². The van der Waals surface area contributed by atoms with Crippen molar-refractivity contribution in [2.45, 2.75) is 58.9 Å². The fourth-order valence-electron chi connectivity index (χ4n) is 2.61. The Morgan fingerprint density at radius 2 is 2.06 bits per heavy atom. The average Bonchev–Trinajstić information content (AvgIpc) is 2.33. The third-order valence-corrected chi connectivity index (χ3v) is 4.08. The molecule has 0 aliphatic heterocycles. The zero-order chi connectivity index (χ0) is 12.8. The Hall–Kier alpha value is -0.570. The quantitative estimate of drug-likeness (QED) is 0.802. The van der Waals surface area contributed by atoms with Crippen LogP contribution in [0, 0.1) is 11.8 Å². The number of nitrogens with two attached hydrogens (primary N) is 1. The minimum absolute atomic E-state index is 0.179. The van der Waals surface area contributed by atoms with Crippen molar-refractivity contribution in [2.75, 3.05) is 13.1 Å². The summed E-state index contributed by atoms with van der Waals surface area (Å²) in [6.45, 7) is 8.17. The van der Waals surface area contributed by atoms with Crippen molar-refractivity contribution in [1.82, 2.24) is 4.90 Å². The molecule has 1 aliphatic carbocycles. The first kappa shape index (κ1) is 14.5. The van der Waals surface area contributed by atoms with Crippen LogP contribution in [0.2, 0.25) is 0 Å². The lowest BCUT2D eigenvalue weighted by molar-refractivity contribution is -0.136. The maximum atomic E-state index is 12.4. The van der Waals surface area contributed by atoms with E-state index in [0.717, 1.165) is 45.2 Å². The van der Waals surface area contributed by atoms with Crippen LogP contribution in [-0.2, 0) is 4.79 Å². The van der Waals surface area contributed by atoms with Gasteiger partial charge in [0.25, 0.3) is 0 Å². The Bertz CT molecular complexity index is 242. The van der Waals surface area contributed by atoms with Gasteiger partial charge in [-0.2, -0.15) is 0 Å². The van der Waals surface area contributed by atoms with E-state index in [2.05, 4.69) is 20.8 Å². The Morgan fingerprint density at radius 3 is 2.59 bits per heavy atom. The second-order valence-electron chi connectivity index (χ2n) is 5.42. The van der Waals surface area contributed by atoms with Crippen molar-refractivity contribution < 1.29 is 4.79 Å². The number of hydrogen-bond acceptors (Lipinski definition) is 2. The molecular weight excluding hydrogens is 212 g/mol. The molecule has 3 heteroatoms. The second-order valence-corrected chi connectivity index (χ2v) is 5.42. The normalized spacial score (nSPS) is 29.1. The number of unbranched alkanes of at least 4 members (excludes halogenated alkanes) is 1. The van der Waals surface area contributed by atoms with E-state index in [0.29, 0.717) is 11.8 Å². The molecule has 1 rings (SSSR count). The molecule has 1 fully saturated rings. The molecule has 2 N–H and O–H groups in total. The molecule has 0 spiro atoms. The topological polar surface area (TPSA) is 46.3 Å². The zero-order valence-electron chi connectivity index (χ0n) is 11.6. The van der Waals surface area contributed by atoms with Crippen LogP contribution in [0.15, 0.2) is 0 Å². The van der Waals surface area contributed by atoms with Gasteiger partial charge in [-0.3, -0.25) is 4.79 Å². The van der Waals surface area contributed by atoms with E-state index < -0.39 is 0 Å². The summed E-state index contributed by atoms with van der Waals surface area (Å²) in [5, 5.41) is 0. The van der Waals surface area contributed by atoms with Crippen LogP contribution in [0.3, 0.4) is 0 Å². The van der Waals surface area contributed by atoms with Crippen LogP contribution in [-0.4, -0.2) is 29.9 Å². The van der Waals surface area contributed by atoms with Gasteiger partial charge < -0.3 is 10.6 Å². The minimum atomic E-state index is 0.179. The van der Waals surface area contributed by atoms with E-state index in [1.165, 1.54) is 0 Å². The van der Waals surface area contributed by atoms with Gasteiger partial charge in [-0.15, -0.1) is 0 Å². The molecule has 0 heterocycles. The molecule has 1 amide bonds. The van der Waals surface area contributed by atoms with Gasteiger partial charge in [0.15, 0.2) is 0 Å². The van der Waals surface area contributed by atoms with Crippen LogP contribution in [0.5, 0.6) is 0 Å². The third-order valence-electron chi connectivity index (χ3n) is 4.08. The van der Waals surface area contributed by atoms with Crippen LogP contribution in [0.4, 0.5) is 0 Å². The highest BCUT2D eigenvalue weighted by molar-refractivity contribution is 5.79. The highest BCUT2D eigenvalue weighted by atomic mass is 16.2.